The van der Waals surface area contributed by atoms with Gasteiger partial charge in [-0.2, -0.15) is 0 Å². The molecular formula is C10H18N4O2. The molecule has 0 saturated heterocycles. The molecule has 90 valence electrons. The fourth-order valence-electron chi connectivity index (χ4n) is 1.14. The van der Waals surface area contributed by atoms with Gasteiger partial charge in [-0.1, -0.05) is 12.2 Å². The molecule has 0 rings (SSSR count). The van der Waals surface area contributed by atoms with Crippen molar-refractivity contribution < 1.29 is 9.59 Å². The molecule has 0 heterocycles. The topological polar surface area (TPSA) is 92.7 Å². The SMILES string of the molecule is C=CCN(CCN(CC=C)C(N)=O)C(N)=O. The molecule has 0 aromatic heterocycles. The first kappa shape index (κ1) is 14.0. The highest BCUT2D eigenvalue weighted by Crippen LogP contribution is 1.93. The first-order valence-electron chi connectivity index (χ1n) is 4.83. The highest BCUT2D eigenvalue weighted by molar-refractivity contribution is 5.73. The van der Waals surface area contributed by atoms with E-state index >= 15 is 0 Å². The average Bonchev–Trinajstić information content (AvgIpc) is 2.21. The Morgan fingerprint density at radius 3 is 1.44 bits per heavy atom. The number of hydrogen-bond acceptors (Lipinski definition) is 2. The Balaban J connectivity index is 4.24. The zero-order valence-corrected chi connectivity index (χ0v) is 9.26. The van der Waals surface area contributed by atoms with Gasteiger partial charge in [-0.15, -0.1) is 13.2 Å². The summed E-state index contributed by atoms with van der Waals surface area (Å²) >= 11 is 0. The molecular weight excluding hydrogens is 208 g/mol. The van der Waals surface area contributed by atoms with Gasteiger partial charge in [-0.05, 0) is 0 Å². The van der Waals surface area contributed by atoms with Crippen LogP contribution in [0.2, 0.25) is 0 Å². The molecule has 0 atom stereocenters. The van der Waals surface area contributed by atoms with E-state index in [4.69, 9.17) is 11.5 Å². The van der Waals surface area contributed by atoms with Gasteiger partial charge in [-0.3, -0.25) is 0 Å². The third-order valence-corrected chi connectivity index (χ3v) is 1.96. The van der Waals surface area contributed by atoms with Crippen LogP contribution in [0, 0.1) is 0 Å². The molecule has 4 amide bonds. The molecule has 0 bridgehead atoms. The van der Waals surface area contributed by atoms with Gasteiger partial charge in [0.05, 0.1) is 0 Å². The third kappa shape index (κ3) is 5.04. The lowest BCUT2D eigenvalue weighted by Gasteiger charge is -2.24. The van der Waals surface area contributed by atoms with Gasteiger partial charge in [0, 0.05) is 26.2 Å². The van der Waals surface area contributed by atoms with E-state index < -0.39 is 12.1 Å². The van der Waals surface area contributed by atoms with E-state index in [-0.39, 0.29) is 0 Å². The summed E-state index contributed by atoms with van der Waals surface area (Å²) in [6, 6.07) is -1.11. The first-order chi connectivity index (χ1) is 7.52. The maximum absolute atomic E-state index is 11.0. The molecule has 16 heavy (non-hydrogen) atoms. The van der Waals surface area contributed by atoms with Crippen molar-refractivity contribution in [3.05, 3.63) is 25.3 Å². The van der Waals surface area contributed by atoms with Crippen molar-refractivity contribution >= 4 is 12.1 Å². The monoisotopic (exact) mass is 226 g/mol. The Hall–Kier alpha value is -1.98. The number of nitrogens with zero attached hydrogens (tertiary/aromatic N) is 2. The molecule has 0 aliphatic rings. The fourth-order valence-corrected chi connectivity index (χ4v) is 1.14. The summed E-state index contributed by atoms with van der Waals surface area (Å²) in [5.74, 6) is 0. The molecule has 0 aromatic carbocycles. The van der Waals surface area contributed by atoms with Gasteiger partial charge in [0.25, 0.3) is 0 Å². The molecule has 0 aliphatic carbocycles. The van der Waals surface area contributed by atoms with Crippen LogP contribution < -0.4 is 11.5 Å². The summed E-state index contributed by atoms with van der Waals surface area (Å²) in [5.41, 5.74) is 10.3. The van der Waals surface area contributed by atoms with Crippen LogP contribution in [0.1, 0.15) is 0 Å². The van der Waals surface area contributed by atoms with Crippen LogP contribution in [0.3, 0.4) is 0 Å². The van der Waals surface area contributed by atoms with E-state index in [9.17, 15) is 9.59 Å². The van der Waals surface area contributed by atoms with Crippen molar-refractivity contribution in [3.8, 4) is 0 Å². The summed E-state index contributed by atoms with van der Waals surface area (Å²) in [7, 11) is 0. The Kier molecular flexibility index (Phi) is 6.42. The molecule has 0 aliphatic heterocycles. The van der Waals surface area contributed by atoms with Gasteiger partial charge in [0.1, 0.15) is 0 Å². The maximum atomic E-state index is 11.0. The minimum absolute atomic E-state index is 0.318. The molecule has 4 N–H and O–H groups in total. The second-order valence-electron chi connectivity index (χ2n) is 3.15. The summed E-state index contributed by atoms with van der Waals surface area (Å²) in [4.78, 5) is 24.7. The molecule has 0 fully saturated rings. The van der Waals surface area contributed by atoms with Crippen LogP contribution in [0.15, 0.2) is 25.3 Å². The molecule has 0 spiro atoms. The smallest absolute Gasteiger partial charge is 0.315 e. The number of hydrogen-bond donors (Lipinski definition) is 2. The van der Waals surface area contributed by atoms with E-state index in [0.717, 1.165) is 0 Å². The van der Waals surface area contributed by atoms with Crippen LogP contribution in [-0.4, -0.2) is 48.0 Å². The Labute approximate surface area is 95.2 Å². The van der Waals surface area contributed by atoms with E-state index in [2.05, 4.69) is 13.2 Å². The highest BCUT2D eigenvalue weighted by Gasteiger charge is 2.12. The van der Waals surface area contributed by atoms with Crippen molar-refractivity contribution in [2.24, 2.45) is 11.5 Å². The molecule has 0 unspecified atom stereocenters. The number of carbonyl (C=O) groups excluding carboxylic acids is 2. The van der Waals surface area contributed by atoms with Crippen LogP contribution in [0.4, 0.5) is 9.59 Å². The summed E-state index contributed by atoms with van der Waals surface area (Å²) in [6.45, 7) is 8.34. The number of primary amides is 2. The number of carbonyl (C=O) groups is 2. The Bertz CT molecular complexity index is 250. The standard InChI is InChI=1S/C10H18N4O2/c1-3-5-13(9(11)15)7-8-14(6-4-2)10(12)16/h3-4H,1-2,5-8H2,(H2,11,15)(H2,12,16). The summed E-state index contributed by atoms with van der Waals surface area (Å²) in [5, 5.41) is 0. The van der Waals surface area contributed by atoms with Gasteiger partial charge in [0.2, 0.25) is 0 Å². The lowest BCUT2D eigenvalue weighted by molar-refractivity contribution is 0.193. The van der Waals surface area contributed by atoms with Crippen LogP contribution in [-0.2, 0) is 0 Å². The second kappa shape index (κ2) is 7.33. The molecule has 0 saturated carbocycles. The lowest BCUT2D eigenvalue weighted by Crippen LogP contribution is -2.44. The van der Waals surface area contributed by atoms with Crippen LogP contribution in [0.5, 0.6) is 0 Å². The van der Waals surface area contributed by atoms with Crippen molar-refractivity contribution in [2.75, 3.05) is 26.2 Å². The zero-order valence-electron chi connectivity index (χ0n) is 9.26. The number of rotatable bonds is 7. The van der Waals surface area contributed by atoms with Crippen LogP contribution >= 0.6 is 0 Å². The molecule has 0 aromatic rings. The van der Waals surface area contributed by atoms with E-state index in [1.54, 1.807) is 12.2 Å². The highest BCUT2D eigenvalue weighted by atomic mass is 16.2. The second-order valence-corrected chi connectivity index (χ2v) is 3.15. The lowest BCUT2D eigenvalue weighted by atomic mass is 10.4. The fraction of sp³-hybridized carbons (Fsp3) is 0.400. The van der Waals surface area contributed by atoms with Gasteiger partial charge < -0.3 is 21.3 Å². The van der Waals surface area contributed by atoms with Gasteiger partial charge >= 0.3 is 12.1 Å². The first-order valence-corrected chi connectivity index (χ1v) is 4.83. The van der Waals surface area contributed by atoms with Gasteiger partial charge in [-0.25, -0.2) is 9.59 Å². The van der Waals surface area contributed by atoms with E-state index in [1.165, 1.54) is 9.80 Å². The summed E-state index contributed by atoms with van der Waals surface area (Å²) < 4.78 is 0. The van der Waals surface area contributed by atoms with Crippen LogP contribution in [0.25, 0.3) is 0 Å². The predicted molar refractivity (Wildman–Crippen MR) is 62.7 cm³/mol. The van der Waals surface area contributed by atoms with Gasteiger partial charge in [0.15, 0.2) is 0 Å². The molecule has 6 nitrogen and oxygen atoms in total. The minimum Gasteiger partial charge on any atom is -0.351 e. The van der Waals surface area contributed by atoms with Crippen molar-refractivity contribution in [1.29, 1.82) is 0 Å². The van der Waals surface area contributed by atoms with E-state index in [0.29, 0.717) is 26.2 Å². The van der Waals surface area contributed by atoms with Crippen molar-refractivity contribution in [3.63, 3.8) is 0 Å². The quantitative estimate of drug-likeness (QED) is 0.603. The third-order valence-electron chi connectivity index (χ3n) is 1.96. The average molecular weight is 226 g/mol. The number of nitrogens with two attached hydrogens (primary N) is 2. The minimum atomic E-state index is -0.553. The maximum Gasteiger partial charge on any atom is 0.315 e. The largest absolute Gasteiger partial charge is 0.351 e. The van der Waals surface area contributed by atoms with Crippen molar-refractivity contribution in [1.82, 2.24) is 9.80 Å². The van der Waals surface area contributed by atoms with E-state index in [1.807, 2.05) is 0 Å². The Morgan fingerprint density at radius 2 is 1.25 bits per heavy atom. The number of urea groups is 2. The molecule has 0 radical (unpaired) electrons. The Morgan fingerprint density at radius 1 is 0.938 bits per heavy atom. The van der Waals surface area contributed by atoms with Crippen molar-refractivity contribution in [2.45, 2.75) is 0 Å². The predicted octanol–water partition coefficient (Wildman–Crippen LogP) is 0.120. The zero-order chi connectivity index (χ0) is 12.6. The summed E-state index contributed by atoms with van der Waals surface area (Å²) in [6.07, 6.45) is 3.12. The number of amides is 4. The normalized spacial score (nSPS) is 9.25. The molecule has 6 heteroatoms.